The van der Waals surface area contributed by atoms with Gasteiger partial charge in [-0.05, 0) is 67.2 Å². The topological polar surface area (TPSA) is 125 Å². The molecule has 0 radical (unpaired) electrons. The van der Waals surface area contributed by atoms with Gasteiger partial charge < -0.3 is 29.7 Å². The second-order valence-corrected chi connectivity index (χ2v) is 12.7. The van der Waals surface area contributed by atoms with E-state index in [-0.39, 0.29) is 56.1 Å². The zero-order valence-corrected chi connectivity index (χ0v) is 26.1. The van der Waals surface area contributed by atoms with Crippen molar-refractivity contribution in [3.8, 4) is 11.1 Å². The van der Waals surface area contributed by atoms with Gasteiger partial charge in [0.05, 0.1) is 24.6 Å². The lowest BCUT2D eigenvalue weighted by Crippen LogP contribution is -2.46. The molecule has 10 nitrogen and oxygen atoms in total. The van der Waals surface area contributed by atoms with E-state index < -0.39 is 24.0 Å². The van der Waals surface area contributed by atoms with Crippen molar-refractivity contribution >= 4 is 23.9 Å². The number of aliphatic hydroxyl groups is 1. The summed E-state index contributed by atoms with van der Waals surface area (Å²) in [6.07, 6.45) is 7.42. The maximum atomic E-state index is 13.7. The van der Waals surface area contributed by atoms with Crippen molar-refractivity contribution in [2.45, 2.75) is 75.4 Å². The number of alkyl carbamates (subject to hydrolysis) is 1. The Kier molecular flexibility index (Phi) is 10.0. The minimum atomic E-state index is -0.908. The normalized spacial score (nSPS) is 25.1. The summed E-state index contributed by atoms with van der Waals surface area (Å²) < 4.78 is 11.4. The number of aliphatic hydroxyl groups excluding tert-OH is 1. The van der Waals surface area contributed by atoms with Crippen LogP contribution in [0.1, 0.15) is 68.4 Å². The van der Waals surface area contributed by atoms with Gasteiger partial charge in [-0.2, -0.15) is 0 Å². The number of cyclic esters (lactones) is 1. The minimum Gasteiger partial charge on any atom is -0.462 e. The molecule has 0 aromatic heterocycles. The van der Waals surface area contributed by atoms with Gasteiger partial charge in [-0.25, -0.2) is 9.59 Å². The average molecular weight is 630 g/mol. The first-order valence-electron chi connectivity index (χ1n) is 16.6. The fraction of sp³-hybridized carbons (Fsp3) is 0.500. The molecule has 244 valence electrons. The first kappa shape index (κ1) is 31.8. The number of benzene rings is 2. The van der Waals surface area contributed by atoms with E-state index in [2.05, 4.69) is 29.6 Å². The van der Waals surface area contributed by atoms with E-state index in [9.17, 15) is 24.3 Å². The molecular weight excluding hydrogens is 586 g/mol. The molecule has 10 heteroatoms. The monoisotopic (exact) mass is 629 g/mol. The number of nitrogens with one attached hydrogen (secondary N) is 1. The van der Waals surface area contributed by atoms with Crippen LogP contribution in [0.25, 0.3) is 11.1 Å². The zero-order chi connectivity index (χ0) is 32.0. The van der Waals surface area contributed by atoms with Crippen molar-refractivity contribution in [2.75, 3.05) is 32.9 Å². The number of carbonyl (C=O) groups is 4. The van der Waals surface area contributed by atoms with Crippen LogP contribution in [0.2, 0.25) is 0 Å². The number of carbonyl (C=O) groups excluding carboxylic acids is 4. The number of nitrogens with zero attached hydrogens (tertiary/aromatic N) is 2. The first-order chi connectivity index (χ1) is 22.4. The third kappa shape index (κ3) is 6.82. The minimum absolute atomic E-state index is 0.0280. The van der Waals surface area contributed by atoms with Crippen LogP contribution in [0, 0.1) is 5.92 Å². The van der Waals surface area contributed by atoms with Gasteiger partial charge in [-0.3, -0.25) is 9.59 Å². The number of hydrogen-bond donors (Lipinski definition) is 2. The van der Waals surface area contributed by atoms with Gasteiger partial charge in [0, 0.05) is 25.4 Å². The van der Waals surface area contributed by atoms with Crippen LogP contribution < -0.4 is 5.32 Å². The lowest BCUT2D eigenvalue weighted by atomic mass is 9.97. The van der Waals surface area contributed by atoms with Crippen LogP contribution in [0.5, 0.6) is 0 Å². The van der Waals surface area contributed by atoms with E-state index in [0.29, 0.717) is 38.8 Å². The lowest BCUT2D eigenvalue weighted by Gasteiger charge is -2.30. The molecule has 3 amide bonds. The molecule has 2 aromatic carbocycles. The van der Waals surface area contributed by atoms with E-state index in [1.54, 1.807) is 9.80 Å². The highest BCUT2D eigenvalue weighted by molar-refractivity contribution is 5.87. The summed E-state index contributed by atoms with van der Waals surface area (Å²) in [6.45, 7) is 1.23. The Morgan fingerprint density at radius 2 is 1.65 bits per heavy atom. The molecule has 0 bridgehead atoms. The second-order valence-electron chi connectivity index (χ2n) is 12.7. The molecule has 6 rings (SSSR count). The summed E-state index contributed by atoms with van der Waals surface area (Å²) in [5, 5.41) is 12.4. The summed E-state index contributed by atoms with van der Waals surface area (Å²) >= 11 is 0. The third-order valence-electron chi connectivity index (χ3n) is 9.89. The Morgan fingerprint density at radius 3 is 2.39 bits per heavy atom. The summed E-state index contributed by atoms with van der Waals surface area (Å²) in [4.78, 5) is 56.6. The van der Waals surface area contributed by atoms with Crippen LogP contribution >= 0.6 is 0 Å². The molecule has 46 heavy (non-hydrogen) atoms. The van der Waals surface area contributed by atoms with E-state index >= 15 is 0 Å². The summed E-state index contributed by atoms with van der Waals surface area (Å²) in [7, 11) is 0. The maximum Gasteiger partial charge on any atom is 0.407 e. The summed E-state index contributed by atoms with van der Waals surface area (Å²) in [5.41, 5.74) is 4.48. The Bertz CT molecular complexity index is 1430. The molecule has 2 aromatic rings. The largest absolute Gasteiger partial charge is 0.462 e. The van der Waals surface area contributed by atoms with Crippen LogP contribution in [0.15, 0.2) is 60.7 Å². The lowest BCUT2D eigenvalue weighted by molar-refractivity contribution is -0.150. The molecule has 2 N–H and O–H groups in total. The highest BCUT2D eigenvalue weighted by Gasteiger charge is 2.37. The number of amides is 3. The number of hydrogen-bond acceptors (Lipinski definition) is 7. The molecule has 4 aliphatic rings. The van der Waals surface area contributed by atoms with Gasteiger partial charge in [0.15, 0.2) is 0 Å². The smallest absolute Gasteiger partial charge is 0.407 e. The maximum absolute atomic E-state index is 13.7. The van der Waals surface area contributed by atoms with Crippen molar-refractivity contribution in [1.82, 2.24) is 15.1 Å². The molecule has 1 aliphatic carbocycles. The standard InChI is InChI=1S/C36H43N3O7/c40-21-25-11-8-18-38(25)33(41)20-24-10-2-1-3-17-32(35(43)45-22-26-12-9-19-39(26)34(24)42)37-36(44)46-23-31-29-15-6-4-13-27(29)28-14-5-7-16-30(28)31/h1-2,4-7,13-16,24-26,31-32,40H,3,8-12,17-23H2,(H,37,44)/t24-,25+,26+,32+/m1/s1. The Labute approximate surface area is 269 Å². The molecule has 0 saturated carbocycles. The van der Waals surface area contributed by atoms with Gasteiger partial charge in [-0.1, -0.05) is 60.7 Å². The highest BCUT2D eigenvalue weighted by atomic mass is 16.6. The summed E-state index contributed by atoms with van der Waals surface area (Å²) in [6, 6.07) is 14.8. The predicted molar refractivity (Wildman–Crippen MR) is 171 cm³/mol. The highest BCUT2D eigenvalue weighted by Crippen LogP contribution is 2.44. The summed E-state index contributed by atoms with van der Waals surface area (Å²) in [5.74, 6) is -1.41. The van der Waals surface area contributed by atoms with Crippen molar-refractivity contribution in [3.05, 3.63) is 71.8 Å². The molecule has 2 saturated heterocycles. The zero-order valence-electron chi connectivity index (χ0n) is 26.1. The van der Waals surface area contributed by atoms with Crippen LogP contribution in [0.4, 0.5) is 4.79 Å². The number of likely N-dealkylation sites (tertiary alicyclic amines) is 1. The SMILES string of the molecule is O=C(N[C@H]1CCC=CC[C@H](CC(=O)N2CCC[C@H]2CO)C(=O)N2CCC[C@H]2COC1=O)OCC1c2ccccc2-c2ccccc21. The fourth-order valence-corrected chi connectivity index (χ4v) is 7.44. The van der Waals surface area contributed by atoms with Gasteiger partial charge in [-0.15, -0.1) is 0 Å². The number of ether oxygens (including phenoxy) is 2. The van der Waals surface area contributed by atoms with Crippen LogP contribution in [0.3, 0.4) is 0 Å². The van der Waals surface area contributed by atoms with E-state index in [1.807, 2.05) is 36.4 Å². The Balaban J connectivity index is 1.10. The Morgan fingerprint density at radius 1 is 0.935 bits per heavy atom. The molecule has 0 unspecified atom stereocenters. The Hall–Kier alpha value is -4.18. The fourth-order valence-electron chi connectivity index (χ4n) is 7.44. The molecule has 0 spiro atoms. The molecule has 4 atom stereocenters. The predicted octanol–water partition coefficient (Wildman–Crippen LogP) is 4.16. The number of esters is 1. The van der Waals surface area contributed by atoms with Gasteiger partial charge in [0.1, 0.15) is 19.3 Å². The number of allylic oxidation sites excluding steroid dienone is 2. The van der Waals surface area contributed by atoms with Gasteiger partial charge >= 0.3 is 12.1 Å². The first-order valence-corrected chi connectivity index (χ1v) is 16.6. The third-order valence-corrected chi connectivity index (χ3v) is 9.89. The van der Waals surface area contributed by atoms with Gasteiger partial charge in [0.25, 0.3) is 0 Å². The van der Waals surface area contributed by atoms with Crippen LogP contribution in [-0.4, -0.2) is 89.8 Å². The second kappa shape index (κ2) is 14.5. The van der Waals surface area contributed by atoms with Crippen molar-refractivity contribution in [2.24, 2.45) is 5.92 Å². The van der Waals surface area contributed by atoms with E-state index in [0.717, 1.165) is 41.5 Å². The van der Waals surface area contributed by atoms with Crippen molar-refractivity contribution < 1.29 is 33.8 Å². The molecule has 2 fully saturated rings. The van der Waals surface area contributed by atoms with Crippen molar-refractivity contribution in [1.29, 1.82) is 0 Å². The van der Waals surface area contributed by atoms with E-state index in [4.69, 9.17) is 9.47 Å². The number of rotatable bonds is 6. The molecule has 3 aliphatic heterocycles. The van der Waals surface area contributed by atoms with Crippen LogP contribution in [-0.2, 0) is 23.9 Å². The molecular formula is C36H43N3O7. The van der Waals surface area contributed by atoms with Crippen molar-refractivity contribution in [3.63, 3.8) is 0 Å². The number of fused-ring (bicyclic) bond motifs is 4. The quantitative estimate of drug-likeness (QED) is 0.363. The van der Waals surface area contributed by atoms with Gasteiger partial charge in [0.2, 0.25) is 11.8 Å². The van der Waals surface area contributed by atoms with E-state index in [1.165, 1.54) is 0 Å². The average Bonchev–Trinajstić information content (AvgIpc) is 3.82. The molecule has 3 heterocycles.